The lowest BCUT2D eigenvalue weighted by molar-refractivity contribution is 0.0916. The SMILES string of the molecule is Cn1nnc2cc(C(=O)NC(CO)c3ccc(Cl)cc3)ccc21. The zero-order valence-electron chi connectivity index (χ0n) is 12.4. The van der Waals surface area contributed by atoms with Crippen LogP contribution in [0.1, 0.15) is 22.0 Å². The van der Waals surface area contributed by atoms with Crippen molar-refractivity contribution in [3.63, 3.8) is 0 Å². The van der Waals surface area contributed by atoms with Crippen molar-refractivity contribution < 1.29 is 9.90 Å². The molecule has 23 heavy (non-hydrogen) atoms. The van der Waals surface area contributed by atoms with Gasteiger partial charge in [0, 0.05) is 17.6 Å². The molecule has 0 aliphatic heterocycles. The number of hydrogen-bond donors (Lipinski definition) is 2. The van der Waals surface area contributed by atoms with Crippen LogP contribution in [-0.4, -0.2) is 32.6 Å². The molecule has 1 aromatic heterocycles. The number of aryl methyl sites for hydroxylation is 1. The Morgan fingerprint density at radius 1 is 1.30 bits per heavy atom. The summed E-state index contributed by atoms with van der Waals surface area (Å²) in [4.78, 5) is 12.4. The number of rotatable bonds is 4. The minimum Gasteiger partial charge on any atom is -0.394 e. The number of halogens is 1. The summed E-state index contributed by atoms with van der Waals surface area (Å²) in [6.45, 7) is -0.208. The summed E-state index contributed by atoms with van der Waals surface area (Å²) in [5, 5.41) is 20.9. The lowest BCUT2D eigenvalue weighted by Crippen LogP contribution is -2.30. The third-order valence-corrected chi connectivity index (χ3v) is 3.89. The van der Waals surface area contributed by atoms with Gasteiger partial charge in [0.15, 0.2) is 0 Å². The fraction of sp³-hybridized carbons (Fsp3) is 0.188. The Bertz CT molecular complexity index is 845. The number of aromatic nitrogens is 3. The van der Waals surface area contributed by atoms with E-state index in [0.29, 0.717) is 16.1 Å². The van der Waals surface area contributed by atoms with Crippen LogP contribution < -0.4 is 5.32 Å². The first kappa shape index (κ1) is 15.5. The van der Waals surface area contributed by atoms with Gasteiger partial charge in [0.1, 0.15) is 5.52 Å². The van der Waals surface area contributed by atoms with Crippen LogP contribution in [0.2, 0.25) is 5.02 Å². The summed E-state index contributed by atoms with van der Waals surface area (Å²) < 4.78 is 1.64. The van der Waals surface area contributed by atoms with Crippen molar-refractivity contribution >= 4 is 28.5 Å². The Hall–Kier alpha value is -2.44. The number of benzene rings is 2. The van der Waals surface area contributed by atoms with Crippen LogP contribution in [0.4, 0.5) is 0 Å². The highest BCUT2D eigenvalue weighted by molar-refractivity contribution is 6.30. The van der Waals surface area contributed by atoms with Gasteiger partial charge in [-0.3, -0.25) is 4.79 Å². The maximum Gasteiger partial charge on any atom is 0.251 e. The number of aliphatic hydroxyl groups excluding tert-OH is 1. The Balaban J connectivity index is 1.81. The molecule has 2 N–H and O–H groups in total. The molecule has 1 amide bonds. The topological polar surface area (TPSA) is 80.0 Å². The number of carbonyl (C=O) groups is 1. The number of nitrogens with one attached hydrogen (secondary N) is 1. The predicted molar refractivity (Wildman–Crippen MR) is 87.3 cm³/mol. The highest BCUT2D eigenvalue weighted by Gasteiger charge is 2.16. The molecule has 6 nitrogen and oxygen atoms in total. The normalized spacial score (nSPS) is 12.3. The van der Waals surface area contributed by atoms with Crippen LogP contribution in [0, 0.1) is 0 Å². The second-order valence-corrected chi connectivity index (χ2v) is 5.61. The number of carbonyl (C=O) groups excluding carboxylic acids is 1. The molecule has 0 saturated carbocycles. The van der Waals surface area contributed by atoms with Crippen molar-refractivity contribution in [2.45, 2.75) is 6.04 Å². The summed E-state index contributed by atoms with van der Waals surface area (Å²) in [7, 11) is 1.79. The van der Waals surface area contributed by atoms with Gasteiger partial charge in [-0.1, -0.05) is 28.9 Å². The van der Waals surface area contributed by atoms with Gasteiger partial charge in [-0.15, -0.1) is 5.10 Å². The highest BCUT2D eigenvalue weighted by Crippen LogP contribution is 2.18. The van der Waals surface area contributed by atoms with Gasteiger partial charge in [0.2, 0.25) is 0 Å². The van der Waals surface area contributed by atoms with E-state index in [4.69, 9.17) is 11.6 Å². The summed E-state index contributed by atoms with van der Waals surface area (Å²) >= 11 is 5.85. The molecule has 0 saturated heterocycles. The third kappa shape index (κ3) is 3.18. The zero-order chi connectivity index (χ0) is 16.4. The number of hydrogen-bond acceptors (Lipinski definition) is 4. The van der Waals surface area contributed by atoms with Gasteiger partial charge in [-0.25, -0.2) is 4.68 Å². The molecule has 0 fully saturated rings. The standard InChI is InChI=1S/C16H15ClN4O2/c1-21-15-7-4-11(8-13(15)19-20-21)16(23)18-14(9-22)10-2-5-12(17)6-3-10/h2-8,14,22H,9H2,1H3,(H,18,23). The van der Waals surface area contributed by atoms with Crippen molar-refractivity contribution in [1.82, 2.24) is 20.3 Å². The Morgan fingerprint density at radius 3 is 2.74 bits per heavy atom. The van der Waals surface area contributed by atoms with E-state index in [2.05, 4.69) is 15.6 Å². The summed E-state index contributed by atoms with van der Waals surface area (Å²) in [5.41, 5.74) is 2.74. The summed E-state index contributed by atoms with van der Waals surface area (Å²) in [6.07, 6.45) is 0. The molecule has 7 heteroatoms. The van der Waals surface area contributed by atoms with Crippen LogP contribution in [0.25, 0.3) is 11.0 Å². The van der Waals surface area contributed by atoms with Crippen LogP contribution in [0.3, 0.4) is 0 Å². The van der Waals surface area contributed by atoms with Crippen molar-refractivity contribution in [2.75, 3.05) is 6.61 Å². The second-order valence-electron chi connectivity index (χ2n) is 5.18. The minimum atomic E-state index is -0.502. The molecule has 3 aromatic rings. The van der Waals surface area contributed by atoms with E-state index in [9.17, 15) is 9.90 Å². The van der Waals surface area contributed by atoms with E-state index in [-0.39, 0.29) is 12.5 Å². The van der Waals surface area contributed by atoms with E-state index >= 15 is 0 Å². The number of aliphatic hydroxyl groups is 1. The second kappa shape index (κ2) is 6.36. The molecule has 1 heterocycles. The zero-order valence-corrected chi connectivity index (χ0v) is 13.2. The molecule has 0 aliphatic rings. The third-order valence-electron chi connectivity index (χ3n) is 3.63. The van der Waals surface area contributed by atoms with E-state index in [1.54, 1.807) is 54.2 Å². The summed E-state index contributed by atoms with van der Waals surface area (Å²) in [6, 6.07) is 11.7. The average molecular weight is 331 g/mol. The molecule has 0 aliphatic carbocycles. The molecule has 0 radical (unpaired) electrons. The number of fused-ring (bicyclic) bond motifs is 1. The average Bonchev–Trinajstić information content (AvgIpc) is 2.94. The smallest absolute Gasteiger partial charge is 0.251 e. The first-order chi connectivity index (χ1) is 11.1. The molecule has 0 spiro atoms. The molecular formula is C16H15ClN4O2. The van der Waals surface area contributed by atoms with Crippen LogP contribution in [0.15, 0.2) is 42.5 Å². The van der Waals surface area contributed by atoms with Crippen LogP contribution in [-0.2, 0) is 7.05 Å². The number of amides is 1. The van der Waals surface area contributed by atoms with E-state index < -0.39 is 6.04 Å². The molecule has 1 atom stereocenters. The molecular weight excluding hydrogens is 316 g/mol. The Morgan fingerprint density at radius 2 is 2.04 bits per heavy atom. The summed E-state index contributed by atoms with van der Waals surface area (Å²) in [5.74, 6) is -0.286. The first-order valence-corrected chi connectivity index (χ1v) is 7.43. The fourth-order valence-corrected chi connectivity index (χ4v) is 2.48. The lowest BCUT2D eigenvalue weighted by atomic mass is 10.1. The van der Waals surface area contributed by atoms with Gasteiger partial charge >= 0.3 is 0 Å². The Labute approximate surface area is 137 Å². The maximum atomic E-state index is 12.4. The minimum absolute atomic E-state index is 0.208. The molecule has 0 bridgehead atoms. The van der Waals surface area contributed by atoms with Gasteiger partial charge in [0.05, 0.1) is 18.2 Å². The molecule has 1 unspecified atom stereocenters. The van der Waals surface area contributed by atoms with Crippen molar-refractivity contribution in [2.24, 2.45) is 7.05 Å². The van der Waals surface area contributed by atoms with Crippen molar-refractivity contribution in [3.05, 3.63) is 58.6 Å². The van der Waals surface area contributed by atoms with Gasteiger partial charge in [-0.2, -0.15) is 0 Å². The van der Waals surface area contributed by atoms with Crippen LogP contribution >= 0.6 is 11.6 Å². The van der Waals surface area contributed by atoms with Crippen molar-refractivity contribution in [3.8, 4) is 0 Å². The predicted octanol–water partition coefficient (Wildman–Crippen LogP) is 2.09. The molecule has 118 valence electrons. The first-order valence-electron chi connectivity index (χ1n) is 7.05. The monoisotopic (exact) mass is 330 g/mol. The largest absolute Gasteiger partial charge is 0.394 e. The quantitative estimate of drug-likeness (QED) is 0.767. The highest BCUT2D eigenvalue weighted by atomic mass is 35.5. The Kier molecular flexibility index (Phi) is 4.27. The molecule has 2 aromatic carbocycles. The van der Waals surface area contributed by atoms with Crippen molar-refractivity contribution in [1.29, 1.82) is 0 Å². The fourth-order valence-electron chi connectivity index (χ4n) is 2.35. The van der Waals surface area contributed by atoms with E-state index in [0.717, 1.165) is 11.1 Å². The van der Waals surface area contributed by atoms with E-state index in [1.165, 1.54) is 0 Å². The number of nitrogens with zero attached hydrogens (tertiary/aromatic N) is 3. The maximum absolute atomic E-state index is 12.4. The van der Waals surface area contributed by atoms with Gasteiger partial charge < -0.3 is 10.4 Å². The van der Waals surface area contributed by atoms with E-state index in [1.807, 2.05) is 0 Å². The van der Waals surface area contributed by atoms with Crippen LogP contribution in [0.5, 0.6) is 0 Å². The molecule has 3 rings (SSSR count). The lowest BCUT2D eigenvalue weighted by Gasteiger charge is -2.17. The van der Waals surface area contributed by atoms with Gasteiger partial charge in [0.25, 0.3) is 5.91 Å². The van der Waals surface area contributed by atoms with Gasteiger partial charge in [-0.05, 0) is 35.9 Å².